The highest BCUT2D eigenvalue weighted by atomic mass is 16.5. The zero-order valence-corrected chi connectivity index (χ0v) is 14.2. The smallest absolute Gasteiger partial charge is 0.159 e. The quantitative estimate of drug-likeness (QED) is 0.782. The average molecular weight is 316 g/mol. The molecule has 126 valence electrons. The van der Waals surface area contributed by atoms with E-state index in [1.54, 1.807) is 6.92 Å². The predicted octanol–water partition coefficient (Wildman–Crippen LogP) is 2.58. The maximum Gasteiger partial charge on any atom is 0.159 e. The van der Waals surface area contributed by atoms with E-state index in [0.717, 1.165) is 45.0 Å². The fourth-order valence-corrected chi connectivity index (χ4v) is 3.64. The lowest BCUT2D eigenvalue weighted by molar-refractivity contribution is 0.0153. The molecule has 2 fully saturated rings. The topological polar surface area (TPSA) is 32.8 Å². The number of carbonyl (C=O) groups is 1. The van der Waals surface area contributed by atoms with Gasteiger partial charge in [-0.15, -0.1) is 0 Å². The number of hydrogen-bond acceptors (Lipinski definition) is 4. The van der Waals surface area contributed by atoms with Gasteiger partial charge in [0, 0.05) is 37.8 Å². The highest BCUT2D eigenvalue weighted by Crippen LogP contribution is 2.21. The summed E-state index contributed by atoms with van der Waals surface area (Å²) in [5.41, 5.74) is 2.11. The zero-order valence-electron chi connectivity index (χ0n) is 14.2. The molecule has 0 amide bonds. The Bertz CT molecular complexity index is 509. The van der Waals surface area contributed by atoms with E-state index < -0.39 is 0 Å². The molecule has 0 N–H and O–H groups in total. The van der Waals surface area contributed by atoms with Gasteiger partial charge in [-0.2, -0.15) is 0 Å². The Morgan fingerprint density at radius 3 is 2.57 bits per heavy atom. The molecule has 0 unspecified atom stereocenters. The summed E-state index contributed by atoms with van der Waals surface area (Å²) < 4.78 is 5.46. The molecule has 0 aromatic heterocycles. The van der Waals surface area contributed by atoms with Gasteiger partial charge < -0.3 is 4.74 Å². The second kappa shape index (κ2) is 8.04. The number of benzene rings is 1. The first-order chi connectivity index (χ1) is 11.2. The van der Waals surface area contributed by atoms with Crippen molar-refractivity contribution in [3.05, 3.63) is 35.4 Å². The van der Waals surface area contributed by atoms with Crippen LogP contribution in [-0.2, 0) is 11.3 Å². The number of morpholine rings is 1. The first-order valence-corrected chi connectivity index (χ1v) is 8.86. The van der Waals surface area contributed by atoms with Crippen LogP contribution in [0, 0.1) is 0 Å². The monoisotopic (exact) mass is 316 g/mol. The van der Waals surface area contributed by atoms with Crippen molar-refractivity contribution in [3.8, 4) is 0 Å². The molecule has 1 atom stereocenters. The number of rotatable bonds is 5. The molecule has 23 heavy (non-hydrogen) atoms. The number of ether oxygens (including phenoxy) is 1. The highest BCUT2D eigenvalue weighted by molar-refractivity contribution is 5.93. The van der Waals surface area contributed by atoms with Crippen LogP contribution in [-0.4, -0.2) is 61.0 Å². The molecule has 0 aliphatic carbocycles. The third kappa shape index (κ3) is 4.63. The molecule has 2 aliphatic heterocycles. The van der Waals surface area contributed by atoms with Crippen LogP contribution < -0.4 is 0 Å². The summed E-state index contributed by atoms with van der Waals surface area (Å²) >= 11 is 0. The second-order valence-electron chi connectivity index (χ2n) is 6.79. The summed E-state index contributed by atoms with van der Waals surface area (Å²) in [6.45, 7) is 8.84. The fourth-order valence-electron chi connectivity index (χ4n) is 3.64. The first kappa shape index (κ1) is 16.6. The van der Waals surface area contributed by atoms with Gasteiger partial charge in [0.2, 0.25) is 0 Å². The molecule has 2 heterocycles. The zero-order chi connectivity index (χ0) is 16.1. The molecule has 2 saturated heterocycles. The van der Waals surface area contributed by atoms with Crippen LogP contribution in [0.5, 0.6) is 0 Å². The lowest BCUT2D eigenvalue weighted by atomic mass is 10.00. The number of carbonyl (C=O) groups excluding carboxylic acids is 1. The van der Waals surface area contributed by atoms with Gasteiger partial charge in [0.05, 0.1) is 13.2 Å². The van der Waals surface area contributed by atoms with Crippen LogP contribution in [0.25, 0.3) is 0 Å². The molecule has 0 radical (unpaired) electrons. The first-order valence-electron chi connectivity index (χ1n) is 8.86. The van der Waals surface area contributed by atoms with E-state index in [9.17, 15) is 4.79 Å². The summed E-state index contributed by atoms with van der Waals surface area (Å²) in [7, 11) is 0. The van der Waals surface area contributed by atoms with Gasteiger partial charge in [-0.1, -0.05) is 30.7 Å². The SMILES string of the molecule is CC(=O)c1ccc(CN2CCCC[C@@H]2CN2CCOCC2)cc1. The van der Waals surface area contributed by atoms with Crippen LogP contribution in [0.4, 0.5) is 0 Å². The van der Waals surface area contributed by atoms with Crippen LogP contribution in [0.3, 0.4) is 0 Å². The Hall–Kier alpha value is -1.23. The summed E-state index contributed by atoms with van der Waals surface area (Å²) in [5.74, 6) is 0.139. The van der Waals surface area contributed by atoms with Crippen molar-refractivity contribution in [1.82, 2.24) is 9.80 Å². The summed E-state index contributed by atoms with van der Waals surface area (Å²) in [6, 6.07) is 8.78. The van der Waals surface area contributed by atoms with Gasteiger partial charge in [0.1, 0.15) is 0 Å². The lowest BCUT2D eigenvalue weighted by Crippen LogP contribution is -2.49. The third-order valence-corrected chi connectivity index (χ3v) is 5.07. The van der Waals surface area contributed by atoms with Gasteiger partial charge in [-0.3, -0.25) is 14.6 Å². The summed E-state index contributed by atoms with van der Waals surface area (Å²) in [5, 5.41) is 0. The molecule has 1 aromatic rings. The van der Waals surface area contributed by atoms with Crippen LogP contribution in [0.15, 0.2) is 24.3 Å². The minimum Gasteiger partial charge on any atom is -0.379 e. The molecule has 3 rings (SSSR count). The maximum absolute atomic E-state index is 11.4. The van der Waals surface area contributed by atoms with E-state index in [-0.39, 0.29) is 5.78 Å². The van der Waals surface area contributed by atoms with Crippen molar-refractivity contribution in [2.45, 2.75) is 38.8 Å². The van der Waals surface area contributed by atoms with Gasteiger partial charge in [-0.25, -0.2) is 0 Å². The molecule has 0 spiro atoms. The van der Waals surface area contributed by atoms with Gasteiger partial charge in [-0.05, 0) is 31.9 Å². The Morgan fingerprint density at radius 1 is 1.13 bits per heavy atom. The Kier molecular flexibility index (Phi) is 5.81. The summed E-state index contributed by atoms with van der Waals surface area (Å²) in [4.78, 5) is 16.6. The standard InChI is InChI=1S/C19H28N2O2/c1-16(22)18-7-5-17(6-8-18)14-21-9-3-2-4-19(21)15-20-10-12-23-13-11-20/h5-8,19H,2-4,9-15H2,1H3/t19-/m1/s1. The molecule has 0 bridgehead atoms. The van der Waals surface area contributed by atoms with Crippen LogP contribution in [0.2, 0.25) is 0 Å². The van der Waals surface area contributed by atoms with Crippen LogP contribution in [0.1, 0.15) is 42.1 Å². The number of nitrogens with zero attached hydrogens (tertiary/aromatic N) is 2. The van der Waals surface area contributed by atoms with Gasteiger partial charge in [0.25, 0.3) is 0 Å². The van der Waals surface area contributed by atoms with Crippen molar-refractivity contribution in [2.24, 2.45) is 0 Å². The predicted molar refractivity (Wildman–Crippen MR) is 91.8 cm³/mol. The molecule has 4 nitrogen and oxygen atoms in total. The van der Waals surface area contributed by atoms with Crippen molar-refractivity contribution >= 4 is 5.78 Å². The minimum absolute atomic E-state index is 0.139. The van der Waals surface area contributed by atoms with Crippen molar-refractivity contribution in [1.29, 1.82) is 0 Å². The van der Waals surface area contributed by atoms with Crippen molar-refractivity contribution in [2.75, 3.05) is 39.4 Å². The largest absolute Gasteiger partial charge is 0.379 e. The van der Waals surface area contributed by atoms with Crippen LogP contribution >= 0.6 is 0 Å². The molecule has 2 aliphatic rings. The fraction of sp³-hybridized carbons (Fsp3) is 0.632. The number of ketones is 1. The Balaban J connectivity index is 1.60. The number of piperidine rings is 1. The second-order valence-corrected chi connectivity index (χ2v) is 6.79. The lowest BCUT2D eigenvalue weighted by Gasteiger charge is -2.39. The Morgan fingerprint density at radius 2 is 1.87 bits per heavy atom. The van der Waals surface area contributed by atoms with Crippen molar-refractivity contribution in [3.63, 3.8) is 0 Å². The Labute approximate surface area is 139 Å². The molecular formula is C19H28N2O2. The third-order valence-electron chi connectivity index (χ3n) is 5.07. The van der Waals surface area contributed by atoms with E-state index in [1.807, 2.05) is 12.1 Å². The molecule has 0 saturated carbocycles. The molecular weight excluding hydrogens is 288 g/mol. The van der Waals surface area contributed by atoms with E-state index in [0.29, 0.717) is 6.04 Å². The minimum atomic E-state index is 0.139. The number of likely N-dealkylation sites (tertiary alicyclic amines) is 1. The van der Waals surface area contributed by atoms with E-state index in [4.69, 9.17) is 4.74 Å². The highest BCUT2D eigenvalue weighted by Gasteiger charge is 2.25. The molecule has 4 heteroatoms. The number of hydrogen-bond donors (Lipinski definition) is 0. The maximum atomic E-state index is 11.4. The van der Waals surface area contributed by atoms with Gasteiger partial charge in [0.15, 0.2) is 5.78 Å². The summed E-state index contributed by atoms with van der Waals surface area (Å²) in [6.07, 6.45) is 3.93. The van der Waals surface area contributed by atoms with E-state index >= 15 is 0 Å². The van der Waals surface area contributed by atoms with Crippen molar-refractivity contribution < 1.29 is 9.53 Å². The van der Waals surface area contributed by atoms with E-state index in [1.165, 1.54) is 31.4 Å². The molecule has 1 aromatic carbocycles. The van der Waals surface area contributed by atoms with Gasteiger partial charge >= 0.3 is 0 Å². The number of Topliss-reactive ketones (excluding diaryl/α,β-unsaturated/α-hetero) is 1. The normalized spacial score (nSPS) is 23.8. The van der Waals surface area contributed by atoms with E-state index in [2.05, 4.69) is 21.9 Å². The average Bonchev–Trinajstić information content (AvgIpc) is 2.58.